The molecule has 2 heterocycles. The molecule has 4 rings (SSSR count). The highest BCUT2D eigenvalue weighted by Gasteiger charge is 2.36. The van der Waals surface area contributed by atoms with Crippen molar-refractivity contribution in [3.8, 4) is 17.0 Å². The summed E-state index contributed by atoms with van der Waals surface area (Å²) in [6.07, 6.45) is -1.73. The van der Waals surface area contributed by atoms with Crippen LogP contribution < -0.4 is 4.74 Å². The SMILES string of the molecule is COCOc1cc(C(F)(F)F)ccc1-c1nnc(C(=O)C2CCCN(C(=O)OC(C)(C)C)C2)c2c1CCC2. The van der Waals surface area contributed by atoms with E-state index in [2.05, 4.69) is 10.2 Å². The van der Waals surface area contributed by atoms with Gasteiger partial charge in [0.05, 0.1) is 5.56 Å². The number of ketones is 1. The predicted octanol–water partition coefficient (Wildman–Crippen LogP) is 5.46. The number of hydrogen-bond acceptors (Lipinski definition) is 7. The first-order chi connectivity index (χ1) is 17.9. The van der Waals surface area contributed by atoms with Gasteiger partial charge in [-0.15, -0.1) is 10.2 Å². The van der Waals surface area contributed by atoms with Crippen LogP contribution in [0.2, 0.25) is 0 Å². The lowest BCUT2D eigenvalue weighted by Crippen LogP contribution is -2.44. The number of amides is 1. The van der Waals surface area contributed by atoms with Crippen LogP contribution in [-0.4, -0.2) is 59.6 Å². The largest absolute Gasteiger partial charge is 0.467 e. The Morgan fingerprint density at radius 3 is 2.50 bits per heavy atom. The second kappa shape index (κ2) is 10.9. The van der Waals surface area contributed by atoms with Crippen molar-refractivity contribution < 1.29 is 37.0 Å². The highest BCUT2D eigenvalue weighted by Crippen LogP contribution is 2.40. The van der Waals surface area contributed by atoms with Gasteiger partial charge in [0.15, 0.2) is 12.6 Å². The average Bonchev–Trinajstić information content (AvgIpc) is 3.35. The Morgan fingerprint density at radius 1 is 1.08 bits per heavy atom. The molecular formula is C27H32F3N3O5. The summed E-state index contributed by atoms with van der Waals surface area (Å²) in [5.41, 5.74) is 1.07. The zero-order valence-corrected chi connectivity index (χ0v) is 22.0. The highest BCUT2D eigenvalue weighted by atomic mass is 19.4. The van der Waals surface area contributed by atoms with Crippen LogP contribution in [-0.2, 0) is 28.5 Å². The Bertz CT molecular complexity index is 1210. The van der Waals surface area contributed by atoms with Gasteiger partial charge in [-0.25, -0.2) is 4.79 Å². The van der Waals surface area contributed by atoms with Gasteiger partial charge < -0.3 is 19.1 Å². The topological polar surface area (TPSA) is 90.9 Å². The van der Waals surface area contributed by atoms with Crippen molar-refractivity contribution in [2.75, 3.05) is 27.0 Å². The fourth-order valence-corrected chi connectivity index (χ4v) is 4.91. The first kappa shape index (κ1) is 27.8. The molecule has 11 heteroatoms. The number of halogens is 3. The normalized spacial score (nSPS) is 17.8. The molecule has 0 radical (unpaired) electrons. The second-order valence-corrected chi connectivity index (χ2v) is 10.6. The zero-order valence-electron chi connectivity index (χ0n) is 22.0. The summed E-state index contributed by atoms with van der Waals surface area (Å²) in [7, 11) is 1.38. The summed E-state index contributed by atoms with van der Waals surface area (Å²) in [5, 5.41) is 8.60. The van der Waals surface area contributed by atoms with Gasteiger partial charge in [-0.05, 0) is 82.2 Å². The van der Waals surface area contributed by atoms with Crippen molar-refractivity contribution in [3.05, 3.63) is 40.6 Å². The van der Waals surface area contributed by atoms with Gasteiger partial charge in [-0.3, -0.25) is 4.79 Å². The van der Waals surface area contributed by atoms with Gasteiger partial charge in [0.2, 0.25) is 0 Å². The molecule has 2 aromatic rings. The van der Waals surface area contributed by atoms with Crippen LogP contribution in [0.4, 0.5) is 18.0 Å². The van der Waals surface area contributed by atoms with E-state index in [1.165, 1.54) is 13.2 Å². The number of carbonyl (C=O) groups is 2. The Hall–Kier alpha value is -3.21. The molecule has 1 unspecified atom stereocenters. The molecule has 1 aromatic heterocycles. The molecule has 1 aliphatic heterocycles. The fraction of sp³-hybridized carbons (Fsp3) is 0.556. The number of carbonyl (C=O) groups excluding carboxylic acids is 2. The number of nitrogens with zero attached hydrogens (tertiary/aromatic N) is 3. The molecule has 0 saturated carbocycles. The highest BCUT2D eigenvalue weighted by molar-refractivity contribution is 5.98. The summed E-state index contributed by atoms with van der Waals surface area (Å²) in [5.74, 6) is -0.643. The van der Waals surface area contributed by atoms with Crippen molar-refractivity contribution >= 4 is 11.9 Å². The molecule has 1 amide bonds. The third-order valence-electron chi connectivity index (χ3n) is 6.61. The van der Waals surface area contributed by atoms with Crippen LogP contribution in [0.25, 0.3) is 11.3 Å². The first-order valence-electron chi connectivity index (χ1n) is 12.6. The van der Waals surface area contributed by atoms with E-state index in [4.69, 9.17) is 14.2 Å². The number of hydrogen-bond donors (Lipinski definition) is 0. The molecule has 206 valence electrons. The van der Waals surface area contributed by atoms with Crippen molar-refractivity contribution in [3.63, 3.8) is 0 Å². The third kappa shape index (κ3) is 6.09. The predicted molar refractivity (Wildman–Crippen MR) is 132 cm³/mol. The molecule has 38 heavy (non-hydrogen) atoms. The summed E-state index contributed by atoms with van der Waals surface area (Å²) in [4.78, 5) is 27.7. The third-order valence-corrected chi connectivity index (χ3v) is 6.61. The van der Waals surface area contributed by atoms with Crippen LogP contribution in [0.5, 0.6) is 5.75 Å². The van der Waals surface area contributed by atoms with E-state index in [1.807, 2.05) is 0 Å². The van der Waals surface area contributed by atoms with Gasteiger partial charge in [0.1, 0.15) is 22.7 Å². The standard InChI is InChI=1S/C27H32F3N3O5/c1-26(2,3)38-25(35)33-12-6-7-16(14-33)24(34)23-19-9-5-8-18(19)22(31-32-23)20-11-10-17(27(28,29)30)13-21(20)37-15-36-4/h10-11,13,16H,5-9,12,14-15H2,1-4H3. The van der Waals surface area contributed by atoms with E-state index in [-0.39, 0.29) is 30.6 Å². The van der Waals surface area contributed by atoms with Gasteiger partial charge in [-0.1, -0.05) is 0 Å². The number of methoxy groups -OCH3 is 1. The van der Waals surface area contributed by atoms with Gasteiger partial charge in [0.25, 0.3) is 0 Å². The maximum atomic E-state index is 13.6. The summed E-state index contributed by atoms with van der Waals surface area (Å²) < 4.78 is 55.9. The molecule has 0 spiro atoms. The molecule has 1 saturated heterocycles. The maximum Gasteiger partial charge on any atom is 0.416 e. The lowest BCUT2D eigenvalue weighted by molar-refractivity contribution is -0.137. The maximum absolute atomic E-state index is 13.6. The monoisotopic (exact) mass is 535 g/mol. The van der Waals surface area contributed by atoms with E-state index in [9.17, 15) is 22.8 Å². The Balaban J connectivity index is 1.64. The quantitative estimate of drug-likeness (QED) is 0.358. The van der Waals surface area contributed by atoms with Crippen molar-refractivity contribution in [2.45, 2.75) is 64.7 Å². The minimum absolute atomic E-state index is 0.0237. The molecule has 8 nitrogen and oxygen atoms in total. The second-order valence-electron chi connectivity index (χ2n) is 10.6. The zero-order chi connectivity index (χ0) is 27.7. The summed E-state index contributed by atoms with van der Waals surface area (Å²) in [6, 6.07) is 3.21. The van der Waals surface area contributed by atoms with Crippen molar-refractivity contribution in [1.82, 2.24) is 15.1 Å². The average molecular weight is 536 g/mol. The van der Waals surface area contributed by atoms with Crippen LogP contribution >= 0.6 is 0 Å². The summed E-state index contributed by atoms with van der Waals surface area (Å²) >= 11 is 0. The van der Waals surface area contributed by atoms with Gasteiger partial charge in [-0.2, -0.15) is 13.2 Å². The number of fused-ring (bicyclic) bond motifs is 1. The van der Waals surface area contributed by atoms with E-state index < -0.39 is 29.4 Å². The van der Waals surface area contributed by atoms with Gasteiger partial charge >= 0.3 is 12.3 Å². The fourth-order valence-electron chi connectivity index (χ4n) is 4.91. The van der Waals surface area contributed by atoms with E-state index >= 15 is 0 Å². The van der Waals surface area contributed by atoms with E-state index in [0.717, 1.165) is 29.7 Å². The first-order valence-corrected chi connectivity index (χ1v) is 12.6. The molecule has 1 aliphatic carbocycles. The van der Waals surface area contributed by atoms with Crippen LogP contribution in [0, 0.1) is 5.92 Å². The number of alkyl halides is 3. The number of Topliss-reactive ketones (excluding diaryl/α,β-unsaturated/α-hetero) is 1. The molecular weight excluding hydrogens is 503 g/mol. The number of likely N-dealkylation sites (tertiary alicyclic amines) is 1. The Morgan fingerprint density at radius 2 is 1.82 bits per heavy atom. The van der Waals surface area contributed by atoms with Crippen LogP contribution in [0.1, 0.15) is 67.2 Å². The van der Waals surface area contributed by atoms with Crippen LogP contribution in [0.3, 0.4) is 0 Å². The van der Waals surface area contributed by atoms with E-state index in [1.54, 1.807) is 25.7 Å². The molecule has 0 N–H and O–H groups in total. The number of benzene rings is 1. The van der Waals surface area contributed by atoms with Gasteiger partial charge in [0, 0.05) is 31.7 Å². The van der Waals surface area contributed by atoms with Crippen LogP contribution in [0.15, 0.2) is 18.2 Å². The number of ether oxygens (including phenoxy) is 3. The smallest absolute Gasteiger partial charge is 0.416 e. The minimum Gasteiger partial charge on any atom is -0.467 e. The Labute approximate surface area is 219 Å². The number of aromatic nitrogens is 2. The van der Waals surface area contributed by atoms with Crippen molar-refractivity contribution in [2.24, 2.45) is 5.92 Å². The van der Waals surface area contributed by atoms with Crippen molar-refractivity contribution in [1.29, 1.82) is 0 Å². The lowest BCUT2D eigenvalue weighted by Gasteiger charge is -2.33. The molecule has 1 fully saturated rings. The molecule has 1 atom stereocenters. The summed E-state index contributed by atoms with van der Waals surface area (Å²) in [6.45, 7) is 5.89. The lowest BCUT2D eigenvalue weighted by atomic mass is 9.89. The molecule has 2 aliphatic rings. The minimum atomic E-state index is -4.54. The number of rotatable bonds is 6. The van der Waals surface area contributed by atoms with E-state index in [0.29, 0.717) is 43.5 Å². The molecule has 1 aromatic carbocycles. The Kier molecular flexibility index (Phi) is 7.96. The number of piperidine rings is 1. The molecule has 0 bridgehead atoms.